The number of hydrogen-bond donors (Lipinski definition) is 1. The summed E-state index contributed by atoms with van der Waals surface area (Å²) in [6, 6.07) is 8.74. The van der Waals surface area contributed by atoms with Crippen molar-refractivity contribution in [2.45, 2.75) is 37.8 Å². The molecule has 1 aliphatic carbocycles. The molecule has 0 aromatic heterocycles. The molecule has 1 saturated carbocycles. The summed E-state index contributed by atoms with van der Waals surface area (Å²) in [6.45, 7) is 3.46. The summed E-state index contributed by atoms with van der Waals surface area (Å²) in [4.78, 5) is 0. The van der Waals surface area contributed by atoms with Crippen molar-refractivity contribution in [3.8, 4) is 0 Å². The fraction of sp³-hybridized carbons (Fsp3) is 0.647. The van der Waals surface area contributed by atoms with Crippen LogP contribution in [0.1, 0.15) is 37.4 Å². The van der Waals surface area contributed by atoms with Gasteiger partial charge in [0.1, 0.15) is 0 Å². The van der Waals surface area contributed by atoms with Crippen LogP contribution in [-0.4, -0.2) is 32.4 Å². The Bertz CT molecular complexity index is 427. The van der Waals surface area contributed by atoms with Gasteiger partial charge in [-0.15, -0.1) is 0 Å². The van der Waals surface area contributed by atoms with Gasteiger partial charge in [0.15, 0.2) is 0 Å². The van der Waals surface area contributed by atoms with Crippen LogP contribution in [0.3, 0.4) is 0 Å². The smallest absolute Gasteiger partial charge is 0.0949 e. The average Bonchev–Trinajstić information content (AvgIpc) is 3.34. The highest BCUT2D eigenvalue weighted by Crippen LogP contribution is 2.25. The minimum atomic E-state index is 0.116. The first-order chi connectivity index (χ1) is 10.3. The Morgan fingerprint density at radius 1 is 1.14 bits per heavy atom. The van der Waals surface area contributed by atoms with Gasteiger partial charge in [0, 0.05) is 30.8 Å². The zero-order chi connectivity index (χ0) is 14.5. The predicted molar refractivity (Wildman–Crippen MR) is 84.7 cm³/mol. The Labute approximate surface area is 132 Å². The molecule has 2 aliphatic rings. The monoisotopic (exact) mass is 309 g/mol. The largest absolute Gasteiger partial charge is 0.381 e. The zero-order valence-corrected chi connectivity index (χ0v) is 13.1. The summed E-state index contributed by atoms with van der Waals surface area (Å²) in [5.41, 5.74) is 1.21. The number of benzene rings is 1. The molecular weight excluding hydrogens is 286 g/mol. The van der Waals surface area contributed by atoms with Crippen molar-refractivity contribution < 1.29 is 9.47 Å². The lowest BCUT2D eigenvalue weighted by molar-refractivity contribution is -0.0115. The Morgan fingerprint density at radius 2 is 1.86 bits per heavy atom. The molecule has 1 atom stereocenters. The molecule has 1 heterocycles. The number of ether oxygens (including phenoxy) is 2. The van der Waals surface area contributed by atoms with E-state index in [2.05, 4.69) is 17.4 Å². The van der Waals surface area contributed by atoms with Crippen LogP contribution in [0.25, 0.3) is 0 Å². The van der Waals surface area contributed by atoms with E-state index in [-0.39, 0.29) is 6.10 Å². The fourth-order valence-electron chi connectivity index (χ4n) is 2.68. The summed E-state index contributed by atoms with van der Waals surface area (Å²) in [6.07, 6.45) is 4.94. The van der Waals surface area contributed by atoms with Crippen molar-refractivity contribution in [3.05, 3.63) is 34.9 Å². The lowest BCUT2D eigenvalue weighted by Crippen LogP contribution is -2.28. The Hall–Kier alpha value is -0.610. The first-order valence-corrected chi connectivity index (χ1v) is 8.37. The molecule has 0 bridgehead atoms. The maximum absolute atomic E-state index is 6.22. The van der Waals surface area contributed by atoms with E-state index in [1.165, 1.54) is 18.4 Å². The third-order valence-electron chi connectivity index (χ3n) is 4.29. The van der Waals surface area contributed by atoms with Gasteiger partial charge in [-0.25, -0.2) is 0 Å². The van der Waals surface area contributed by atoms with Gasteiger partial charge in [0.05, 0.1) is 12.7 Å². The molecule has 1 aromatic rings. The first kappa shape index (κ1) is 15.3. The van der Waals surface area contributed by atoms with Crippen LogP contribution >= 0.6 is 11.6 Å². The highest BCUT2D eigenvalue weighted by atomic mass is 35.5. The molecule has 1 aromatic carbocycles. The Kier molecular flexibility index (Phi) is 5.53. The van der Waals surface area contributed by atoms with Crippen LogP contribution in [-0.2, 0) is 9.47 Å². The minimum Gasteiger partial charge on any atom is -0.381 e. The summed E-state index contributed by atoms with van der Waals surface area (Å²) < 4.78 is 11.6. The highest BCUT2D eigenvalue weighted by Gasteiger charge is 2.23. The molecule has 1 unspecified atom stereocenters. The van der Waals surface area contributed by atoms with Crippen LogP contribution in [0.5, 0.6) is 0 Å². The van der Waals surface area contributed by atoms with Gasteiger partial charge in [-0.3, -0.25) is 0 Å². The van der Waals surface area contributed by atoms with Crippen molar-refractivity contribution in [1.29, 1.82) is 0 Å². The second-order valence-electron chi connectivity index (χ2n) is 6.11. The molecule has 1 saturated heterocycles. The molecule has 0 amide bonds. The number of rotatable bonds is 7. The molecule has 1 N–H and O–H groups in total. The van der Waals surface area contributed by atoms with E-state index in [0.29, 0.717) is 12.0 Å². The van der Waals surface area contributed by atoms with Crippen molar-refractivity contribution in [1.82, 2.24) is 5.32 Å². The molecule has 1 aliphatic heterocycles. The molecule has 0 spiro atoms. The van der Waals surface area contributed by atoms with Crippen LogP contribution in [0.4, 0.5) is 0 Å². The van der Waals surface area contributed by atoms with Crippen molar-refractivity contribution in [3.63, 3.8) is 0 Å². The second kappa shape index (κ2) is 7.59. The Balaban J connectivity index is 1.55. The van der Waals surface area contributed by atoms with Crippen LogP contribution < -0.4 is 5.32 Å². The summed E-state index contributed by atoms with van der Waals surface area (Å²) >= 11 is 5.98. The molecule has 116 valence electrons. The molecule has 3 rings (SSSR count). The van der Waals surface area contributed by atoms with E-state index < -0.39 is 0 Å². The summed E-state index contributed by atoms with van der Waals surface area (Å²) in [7, 11) is 0. The van der Waals surface area contributed by atoms with Crippen molar-refractivity contribution >= 4 is 11.6 Å². The van der Waals surface area contributed by atoms with Crippen molar-refractivity contribution in [2.24, 2.45) is 5.92 Å². The molecule has 4 heteroatoms. The molecule has 21 heavy (non-hydrogen) atoms. The van der Waals surface area contributed by atoms with Gasteiger partial charge >= 0.3 is 0 Å². The van der Waals surface area contributed by atoms with E-state index >= 15 is 0 Å². The fourth-order valence-corrected chi connectivity index (χ4v) is 2.80. The van der Waals surface area contributed by atoms with Gasteiger partial charge in [0.2, 0.25) is 0 Å². The van der Waals surface area contributed by atoms with Crippen molar-refractivity contribution in [2.75, 3.05) is 26.4 Å². The SMILES string of the molecule is Clc1ccc(C(CNC2CC2)OCC2CCOCC2)cc1. The number of hydrogen-bond acceptors (Lipinski definition) is 3. The standard InChI is InChI=1S/C17H24ClNO2/c18-15-3-1-14(2-4-15)17(11-19-16-5-6-16)21-12-13-7-9-20-10-8-13/h1-4,13,16-17,19H,5-12H2. The summed E-state index contributed by atoms with van der Waals surface area (Å²) in [5, 5.41) is 4.35. The topological polar surface area (TPSA) is 30.5 Å². The van der Waals surface area contributed by atoms with E-state index in [1.54, 1.807) is 0 Å². The first-order valence-electron chi connectivity index (χ1n) is 7.99. The molecule has 3 nitrogen and oxygen atoms in total. The number of nitrogens with one attached hydrogen (secondary N) is 1. The maximum atomic E-state index is 6.22. The minimum absolute atomic E-state index is 0.116. The Morgan fingerprint density at radius 3 is 2.52 bits per heavy atom. The third kappa shape index (κ3) is 4.96. The third-order valence-corrected chi connectivity index (χ3v) is 4.54. The normalized spacial score (nSPS) is 21.4. The van der Waals surface area contributed by atoms with Gasteiger partial charge in [-0.1, -0.05) is 23.7 Å². The van der Waals surface area contributed by atoms with Gasteiger partial charge in [0.25, 0.3) is 0 Å². The van der Waals surface area contributed by atoms with Crippen LogP contribution in [0.2, 0.25) is 5.02 Å². The molecule has 0 radical (unpaired) electrons. The van der Waals surface area contributed by atoms with Crippen LogP contribution in [0.15, 0.2) is 24.3 Å². The van der Waals surface area contributed by atoms with E-state index in [1.807, 2.05) is 12.1 Å². The van der Waals surface area contributed by atoms with E-state index in [4.69, 9.17) is 21.1 Å². The molecule has 2 fully saturated rings. The molecular formula is C17H24ClNO2. The van der Waals surface area contributed by atoms with Crippen LogP contribution in [0, 0.1) is 5.92 Å². The lowest BCUT2D eigenvalue weighted by Gasteiger charge is -2.25. The summed E-state index contributed by atoms with van der Waals surface area (Å²) in [5.74, 6) is 0.634. The quantitative estimate of drug-likeness (QED) is 0.835. The van der Waals surface area contributed by atoms with Gasteiger partial charge < -0.3 is 14.8 Å². The zero-order valence-electron chi connectivity index (χ0n) is 12.4. The van der Waals surface area contributed by atoms with Gasteiger partial charge in [-0.2, -0.15) is 0 Å². The lowest BCUT2D eigenvalue weighted by atomic mass is 10.0. The predicted octanol–water partition coefficient (Wildman–Crippen LogP) is 3.58. The van der Waals surface area contributed by atoms with Gasteiger partial charge in [-0.05, 0) is 49.3 Å². The second-order valence-corrected chi connectivity index (χ2v) is 6.55. The average molecular weight is 310 g/mol. The van der Waals surface area contributed by atoms with E-state index in [0.717, 1.165) is 44.2 Å². The highest BCUT2D eigenvalue weighted by molar-refractivity contribution is 6.30. The number of halogens is 1. The maximum Gasteiger partial charge on any atom is 0.0949 e. The van der Waals surface area contributed by atoms with E-state index in [9.17, 15) is 0 Å².